The molecule has 0 saturated carbocycles. The Morgan fingerprint density at radius 3 is 2.41 bits per heavy atom. The van der Waals surface area contributed by atoms with Crippen LogP contribution in [0.2, 0.25) is 5.02 Å². The highest BCUT2D eigenvalue weighted by molar-refractivity contribution is 7.89. The molecule has 0 aliphatic carbocycles. The minimum atomic E-state index is -3.48. The van der Waals surface area contributed by atoms with Crippen molar-refractivity contribution in [3.63, 3.8) is 0 Å². The second-order valence-electron chi connectivity index (χ2n) is 6.93. The van der Waals surface area contributed by atoms with Gasteiger partial charge in [0.1, 0.15) is 6.54 Å². The first-order valence-electron chi connectivity index (χ1n) is 9.10. The summed E-state index contributed by atoms with van der Waals surface area (Å²) < 4.78 is 27.2. The quantitative estimate of drug-likeness (QED) is 0.730. The largest absolute Gasteiger partial charge is 0.329 e. The highest BCUT2D eigenvalue weighted by atomic mass is 35.5. The van der Waals surface area contributed by atoms with Crippen molar-refractivity contribution in [2.45, 2.75) is 11.4 Å². The number of hydrogen-bond acceptors (Lipinski definition) is 2. The van der Waals surface area contributed by atoms with Crippen molar-refractivity contribution < 1.29 is 13.3 Å². The van der Waals surface area contributed by atoms with Crippen LogP contribution in [0.5, 0.6) is 0 Å². The molecule has 27 heavy (non-hydrogen) atoms. The number of rotatable bonds is 4. The number of quaternary nitrogens is 1. The molecule has 3 aromatic carbocycles. The van der Waals surface area contributed by atoms with Crippen LogP contribution in [0.1, 0.15) is 5.56 Å². The first kappa shape index (κ1) is 18.4. The van der Waals surface area contributed by atoms with Gasteiger partial charge in [-0.3, -0.25) is 0 Å². The average molecular weight is 402 g/mol. The van der Waals surface area contributed by atoms with Crippen molar-refractivity contribution in [2.75, 3.05) is 26.2 Å². The van der Waals surface area contributed by atoms with E-state index in [1.54, 1.807) is 22.5 Å². The van der Waals surface area contributed by atoms with Gasteiger partial charge in [0.15, 0.2) is 0 Å². The van der Waals surface area contributed by atoms with Gasteiger partial charge in [-0.25, -0.2) is 8.42 Å². The summed E-state index contributed by atoms with van der Waals surface area (Å²) in [5.74, 6) is 0. The van der Waals surface area contributed by atoms with Gasteiger partial charge < -0.3 is 4.90 Å². The molecule has 0 aromatic heterocycles. The lowest BCUT2D eigenvalue weighted by Gasteiger charge is -2.31. The van der Waals surface area contributed by atoms with Crippen LogP contribution < -0.4 is 4.90 Å². The Bertz CT molecular complexity index is 1060. The van der Waals surface area contributed by atoms with Gasteiger partial charge in [0.2, 0.25) is 10.0 Å². The van der Waals surface area contributed by atoms with Crippen molar-refractivity contribution in [3.8, 4) is 0 Å². The van der Waals surface area contributed by atoms with E-state index in [1.807, 2.05) is 0 Å². The van der Waals surface area contributed by atoms with E-state index in [0.717, 1.165) is 19.6 Å². The average Bonchev–Trinajstić information content (AvgIpc) is 2.69. The molecule has 6 heteroatoms. The zero-order valence-electron chi connectivity index (χ0n) is 14.9. The van der Waals surface area contributed by atoms with E-state index in [9.17, 15) is 8.42 Å². The molecule has 0 radical (unpaired) electrons. The minimum absolute atomic E-state index is 0.271. The molecule has 0 unspecified atom stereocenters. The van der Waals surface area contributed by atoms with Gasteiger partial charge in [0.25, 0.3) is 0 Å². The first-order chi connectivity index (χ1) is 13.0. The van der Waals surface area contributed by atoms with Gasteiger partial charge >= 0.3 is 0 Å². The predicted octanol–water partition coefficient (Wildman–Crippen LogP) is 2.58. The summed E-state index contributed by atoms with van der Waals surface area (Å²) in [4.78, 5) is 1.68. The Labute approximate surface area is 165 Å². The molecule has 0 amide bonds. The molecule has 4 nitrogen and oxygen atoms in total. The molecule has 140 valence electrons. The standard InChI is InChI=1S/C21H21ClN2O2S/c22-19-8-4-9-20(15-19)27(25,26)24-13-11-23(12-14-24)16-18-7-3-6-17-5-1-2-10-21(17)18/h1-10,15H,11-14,16H2/p+1. The van der Waals surface area contributed by atoms with Crippen LogP contribution in [0.25, 0.3) is 10.8 Å². The monoisotopic (exact) mass is 401 g/mol. The van der Waals surface area contributed by atoms with Crippen LogP contribution in [0.15, 0.2) is 71.6 Å². The van der Waals surface area contributed by atoms with E-state index in [0.29, 0.717) is 18.1 Å². The van der Waals surface area contributed by atoms with Crippen molar-refractivity contribution in [2.24, 2.45) is 0 Å². The van der Waals surface area contributed by atoms with Crippen molar-refractivity contribution in [1.82, 2.24) is 4.31 Å². The summed E-state index contributed by atoms with van der Waals surface area (Å²) >= 11 is 5.96. The molecule has 0 spiro atoms. The van der Waals surface area contributed by atoms with Gasteiger partial charge in [-0.1, -0.05) is 60.1 Å². The second-order valence-corrected chi connectivity index (χ2v) is 9.30. The van der Waals surface area contributed by atoms with Crippen LogP contribution in [0.4, 0.5) is 0 Å². The molecule has 1 N–H and O–H groups in total. The van der Waals surface area contributed by atoms with Gasteiger partial charge in [0, 0.05) is 10.6 Å². The number of benzene rings is 3. The molecule has 1 heterocycles. The Balaban J connectivity index is 1.46. The fourth-order valence-corrected chi connectivity index (χ4v) is 5.45. The Kier molecular flexibility index (Phi) is 5.19. The normalized spacial score (nSPS) is 16.6. The van der Waals surface area contributed by atoms with Gasteiger partial charge in [-0.2, -0.15) is 4.31 Å². The van der Waals surface area contributed by atoms with Crippen LogP contribution in [0, 0.1) is 0 Å². The van der Waals surface area contributed by atoms with E-state index >= 15 is 0 Å². The maximum absolute atomic E-state index is 12.8. The highest BCUT2D eigenvalue weighted by Crippen LogP contribution is 2.20. The third kappa shape index (κ3) is 3.87. The zero-order chi connectivity index (χ0) is 18.9. The zero-order valence-corrected chi connectivity index (χ0v) is 16.5. The molecule has 0 bridgehead atoms. The molecule has 1 aliphatic rings. The van der Waals surface area contributed by atoms with E-state index in [1.165, 1.54) is 27.3 Å². The SMILES string of the molecule is O=S(=O)(c1cccc(Cl)c1)N1CC[NH+](Cc2cccc3ccccc23)CC1. The summed E-state index contributed by atoms with van der Waals surface area (Å²) in [6.45, 7) is 3.54. The number of hydrogen-bond donors (Lipinski definition) is 1. The summed E-state index contributed by atoms with van der Waals surface area (Å²) in [6.07, 6.45) is 0. The summed E-state index contributed by atoms with van der Waals surface area (Å²) in [6, 6.07) is 21.3. The first-order valence-corrected chi connectivity index (χ1v) is 10.9. The van der Waals surface area contributed by atoms with Gasteiger partial charge in [-0.15, -0.1) is 0 Å². The van der Waals surface area contributed by atoms with Crippen LogP contribution in [0.3, 0.4) is 0 Å². The predicted molar refractivity (Wildman–Crippen MR) is 109 cm³/mol. The summed E-state index contributed by atoms with van der Waals surface area (Å²) in [5, 5.41) is 2.97. The highest BCUT2D eigenvalue weighted by Gasteiger charge is 2.30. The number of sulfonamides is 1. The number of nitrogens with one attached hydrogen (secondary N) is 1. The third-order valence-electron chi connectivity index (χ3n) is 5.18. The van der Waals surface area contributed by atoms with E-state index in [4.69, 9.17) is 11.6 Å². The van der Waals surface area contributed by atoms with Crippen LogP contribution >= 0.6 is 11.6 Å². The molecule has 4 rings (SSSR count). The number of fused-ring (bicyclic) bond motifs is 1. The van der Waals surface area contributed by atoms with E-state index in [2.05, 4.69) is 42.5 Å². The summed E-state index contributed by atoms with van der Waals surface area (Å²) in [7, 11) is -3.48. The second kappa shape index (κ2) is 7.60. The number of nitrogens with zero attached hydrogens (tertiary/aromatic N) is 1. The fraction of sp³-hybridized carbons (Fsp3) is 0.238. The fourth-order valence-electron chi connectivity index (χ4n) is 3.71. The lowest BCUT2D eigenvalue weighted by atomic mass is 10.0. The minimum Gasteiger partial charge on any atom is -0.329 e. The van der Waals surface area contributed by atoms with Gasteiger partial charge in [0.05, 0.1) is 31.1 Å². The topological polar surface area (TPSA) is 41.8 Å². The van der Waals surface area contributed by atoms with Crippen LogP contribution in [-0.2, 0) is 16.6 Å². The number of halogens is 1. The van der Waals surface area contributed by atoms with Crippen LogP contribution in [-0.4, -0.2) is 38.9 Å². The van der Waals surface area contributed by atoms with Gasteiger partial charge in [-0.05, 0) is 29.0 Å². The molecule has 0 atom stereocenters. The maximum Gasteiger partial charge on any atom is 0.243 e. The summed E-state index contributed by atoms with van der Waals surface area (Å²) in [5.41, 5.74) is 1.31. The molecule has 1 fully saturated rings. The molecular formula is C21H22ClN2O2S+. The molecule has 3 aromatic rings. The van der Waals surface area contributed by atoms with Crippen molar-refractivity contribution in [3.05, 3.63) is 77.3 Å². The lowest BCUT2D eigenvalue weighted by Crippen LogP contribution is -3.13. The Morgan fingerprint density at radius 1 is 0.926 bits per heavy atom. The van der Waals surface area contributed by atoms with Crippen molar-refractivity contribution in [1.29, 1.82) is 0 Å². The van der Waals surface area contributed by atoms with E-state index in [-0.39, 0.29) is 4.90 Å². The molecule has 1 saturated heterocycles. The van der Waals surface area contributed by atoms with E-state index < -0.39 is 10.0 Å². The number of piperazine rings is 1. The molecular weight excluding hydrogens is 380 g/mol. The Morgan fingerprint density at radius 2 is 1.63 bits per heavy atom. The lowest BCUT2D eigenvalue weighted by molar-refractivity contribution is -0.917. The third-order valence-corrected chi connectivity index (χ3v) is 7.31. The Hall–Kier alpha value is -1.92. The van der Waals surface area contributed by atoms with Crippen molar-refractivity contribution >= 4 is 32.4 Å². The maximum atomic E-state index is 12.8. The molecule has 1 aliphatic heterocycles. The smallest absolute Gasteiger partial charge is 0.243 e.